The summed E-state index contributed by atoms with van der Waals surface area (Å²) in [6, 6.07) is 6.52. The van der Waals surface area contributed by atoms with Gasteiger partial charge in [-0.25, -0.2) is 0 Å². The van der Waals surface area contributed by atoms with Crippen LogP contribution in [0.25, 0.3) is 0 Å². The van der Waals surface area contributed by atoms with Crippen molar-refractivity contribution in [2.75, 3.05) is 0 Å². The lowest BCUT2D eigenvalue weighted by molar-refractivity contribution is -0.182. The molecule has 1 heterocycles. The number of carbonyl (C=O) groups excluding carboxylic acids is 1. The summed E-state index contributed by atoms with van der Waals surface area (Å²) < 4.78 is 12.8. The highest BCUT2D eigenvalue weighted by Crippen LogP contribution is 2.67. The smallest absolute Gasteiger partial charge is 0.254 e. The van der Waals surface area contributed by atoms with Gasteiger partial charge in [0.1, 0.15) is 5.60 Å². The van der Waals surface area contributed by atoms with E-state index in [0.717, 1.165) is 62.9 Å². The maximum atomic E-state index is 12.3. The summed E-state index contributed by atoms with van der Waals surface area (Å²) in [6.07, 6.45) is 10.1. The molecule has 4 heteroatoms. The van der Waals surface area contributed by atoms with Crippen molar-refractivity contribution in [3.05, 3.63) is 46.6 Å². The highest BCUT2D eigenvalue weighted by Gasteiger charge is 2.62. The topological polar surface area (TPSA) is 55.8 Å². The van der Waals surface area contributed by atoms with Crippen LogP contribution in [-0.4, -0.2) is 22.3 Å². The number of ketones is 1. The van der Waals surface area contributed by atoms with Crippen LogP contribution >= 0.6 is 0 Å². The number of aliphatic hydroxyl groups is 1. The molecule has 7 rings (SSSR count). The van der Waals surface area contributed by atoms with E-state index in [2.05, 4.69) is 43.9 Å². The molecule has 1 N–H and O–H groups in total. The quantitative estimate of drug-likeness (QED) is 0.480. The van der Waals surface area contributed by atoms with Crippen molar-refractivity contribution >= 4 is 5.78 Å². The minimum absolute atomic E-state index is 0.177. The SMILES string of the molecule is CC#C[C@]1(O)CC[C@H]2[C@@H]3CCC4=CC(=O)CCC4=C3[C@@H](c3ccc4c(c3)OC3(CCC3C)O4)C[C@@]21C. The second-order valence-corrected chi connectivity index (χ2v) is 12.4. The van der Waals surface area contributed by atoms with Crippen LogP contribution in [0.2, 0.25) is 0 Å². The maximum Gasteiger partial charge on any atom is 0.254 e. The Kier molecular flexibility index (Phi) is 4.73. The van der Waals surface area contributed by atoms with Crippen molar-refractivity contribution in [3.63, 3.8) is 0 Å². The van der Waals surface area contributed by atoms with Gasteiger partial charge in [-0.05, 0) is 98.6 Å². The van der Waals surface area contributed by atoms with E-state index in [1.165, 1.54) is 22.3 Å². The Bertz CT molecular complexity index is 1290. The first-order valence-corrected chi connectivity index (χ1v) is 13.9. The Morgan fingerprint density at radius 3 is 2.64 bits per heavy atom. The molecule has 1 aliphatic heterocycles. The zero-order valence-corrected chi connectivity index (χ0v) is 21.7. The molecule has 3 fully saturated rings. The zero-order chi connectivity index (χ0) is 24.9. The van der Waals surface area contributed by atoms with Gasteiger partial charge in [-0.15, -0.1) is 5.92 Å². The molecule has 4 nitrogen and oxygen atoms in total. The van der Waals surface area contributed by atoms with Gasteiger partial charge in [0.15, 0.2) is 17.3 Å². The van der Waals surface area contributed by atoms with Crippen LogP contribution in [0.5, 0.6) is 11.5 Å². The highest BCUT2D eigenvalue weighted by atomic mass is 16.7. The monoisotopic (exact) mass is 484 g/mol. The van der Waals surface area contributed by atoms with E-state index in [0.29, 0.717) is 24.2 Å². The van der Waals surface area contributed by atoms with Crippen LogP contribution < -0.4 is 9.47 Å². The second kappa shape index (κ2) is 7.51. The van der Waals surface area contributed by atoms with Crippen molar-refractivity contribution in [2.24, 2.45) is 23.2 Å². The Balaban J connectivity index is 1.36. The minimum atomic E-state index is -0.957. The Morgan fingerprint density at radius 1 is 1.06 bits per heavy atom. The number of allylic oxidation sites excluding steroid dienone is 4. The maximum absolute atomic E-state index is 12.3. The molecular weight excluding hydrogens is 448 g/mol. The Morgan fingerprint density at radius 2 is 1.89 bits per heavy atom. The lowest BCUT2D eigenvalue weighted by Crippen LogP contribution is -2.52. The van der Waals surface area contributed by atoms with Gasteiger partial charge in [-0.1, -0.05) is 31.4 Å². The summed E-state index contributed by atoms with van der Waals surface area (Å²) in [4.78, 5) is 12.3. The lowest BCUT2D eigenvalue weighted by atomic mass is 9.51. The first-order valence-electron chi connectivity index (χ1n) is 13.9. The second-order valence-electron chi connectivity index (χ2n) is 12.4. The van der Waals surface area contributed by atoms with Crippen LogP contribution in [-0.2, 0) is 4.79 Å². The molecule has 6 aliphatic rings. The molecule has 0 aromatic heterocycles. The lowest BCUT2D eigenvalue weighted by Gasteiger charge is -2.53. The molecule has 0 saturated heterocycles. The predicted octanol–water partition coefficient (Wildman–Crippen LogP) is 6.24. The number of carbonyl (C=O) groups is 1. The molecule has 188 valence electrons. The van der Waals surface area contributed by atoms with Gasteiger partial charge >= 0.3 is 0 Å². The number of benzene rings is 1. The number of rotatable bonds is 1. The Labute approximate surface area is 214 Å². The molecule has 7 atom stereocenters. The largest absolute Gasteiger partial charge is 0.448 e. The van der Waals surface area contributed by atoms with E-state index in [1.54, 1.807) is 0 Å². The summed E-state index contributed by atoms with van der Waals surface area (Å²) in [5, 5.41) is 11.9. The number of hydrogen-bond donors (Lipinski definition) is 1. The summed E-state index contributed by atoms with van der Waals surface area (Å²) >= 11 is 0. The van der Waals surface area contributed by atoms with Crippen molar-refractivity contribution < 1.29 is 19.4 Å². The molecule has 5 aliphatic carbocycles. The zero-order valence-electron chi connectivity index (χ0n) is 21.7. The van der Waals surface area contributed by atoms with E-state index < -0.39 is 11.4 Å². The van der Waals surface area contributed by atoms with Crippen molar-refractivity contribution in [1.29, 1.82) is 0 Å². The third-order valence-corrected chi connectivity index (χ3v) is 10.8. The van der Waals surface area contributed by atoms with Crippen LogP contribution in [0.15, 0.2) is 41.0 Å². The summed E-state index contributed by atoms with van der Waals surface area (Å²) in [7, 11) is 0. The fourth-order valence-electron chi connectivity index (χ4n) is 8.65. The third-order valence-electron chi connectivity index (χ3n) is 10.8. The van der Waals surface area contributed by atoms with Gasteiger partial charge in [0.05, 0.1) is 0 Å². The average Bonchev–Trinajstić information content (AvgIpc) is 3.39. The van der Waals surface area contributed by atoms with Crippen molar-refractivity contribution in [1.82, 2.24) is 0 Å². The molecule has 36 heavy (non-hydrogen) atoms. The Hall–Kier alpha value is -2.51. The average molecular weight is 485 g/mol. The van der Waals surface area contributed by atoms with Gasteiger partial charge in [-0.2, -0.15) is 0 Å². The van der Waals surface area contributed by atoms with Gasteiger partial charge < -0.3 is 14.6 Å². The van der Waals surface area contributed by atoms with E-state index in [9.17, 15) is 9.90 Å². The summed E-state index contributed by atoms with van der Waals surface area (Å²) in [6.45, 7) is 6.33. The van der Waals surface area contributed by atoms with E-state index >= 15 is 0 Å². The van der Waals surface area contributed by atoms with Crippen LogP contribution in [0.3, 0.4) is 0 Å². The normalized spacial score (nSPS) is 42.1. The van der Waals surface area contributed by atoms with Crippen molar-refractivity contribution in [2.45, 2.75) is 95.9 Å². The van der Waals surface area contributed by atoms with Gasteiger partial charge in [0, 0.05) is 30.1 Å². The van der Waals surface area contributed by atoms with Gasteiger partial charge in [0.2, 0.25) is 0 Å². The summed E-state index contributed by atoms with van der Waals surface area (Å²) in [5.41, 5.74) is 4.22. The predicted molar refractivity (Wildman–Crippen MR) is 137 cm³/mol. The highest BCUT2D eigenvalue weighted by molar-refractivity contribution is 5.93. The summed E-state index contributed by atoms with van der Waals surface area (Å²) in [5.74, 6) is 9.19. The minimum Gasteiger partial charge on any atom is -0.448 e. The molecule has 1 aromatic rings. The van der Waals surface area contributed by atoms with E-state index in [4.69, 9.17) is 9.47 Å². The van der Waals surface area contributed by atoms with Crippen LogP contribution in [0.4, 0.5) is 0 Å². The molecule has 0 amide bonds. The fraction of sp³-hybridized carbons (Fsp3) is 0.594. The fourth-order valence-corrected chi connectivity index (χ4v) is 8.65. The number of fused-ring (bicyclic) bond motifs is 5. The third kappa shape index (κ3) is 2.90. The van der Waals surface area contributed by atoms with E-state index in [1.807, 2.05) is 13.0 Å². The van der Waals surface area contributed by atoms with Crippen LogP contribution in [0, 0.1) is 35.0 Å². The molecule has 3 saturated carbocycles. The molecular formula is C32H36O4. The van der Waals surface area contributed by atoms with E-state index in [-0.39, 0.29) is 17.1 Å². The van der Waals surface area contributed by atoms with Gasteiger partial charge in [0.25, 0.3) is 5.79 Å². The molecule has 2 unspecified atom stereocenters. The first kappa shape index (κ1) is 22.7. The number of hydrogen-bond acceptors (Lipinski definition) is 4. The van der Waals surface area contributed by atoms with Crippen LogP contribution in [0.1, 0.15) is 90.0 Å². The van der Waals surface area contributed by atoms with Crippen molar-refractivity contribution in [3.8, 4) is 23.3 Å². The molecule has 0 radical (unpaired) electrons. The number of ether oxygens (including phenoxy) is 2. The van der Waals surface area contributed by atoms with Gasteiger partial charge in [-0.3, -0.25) is 4.79 Å². The molecule has 1 aromatic carbocycles. The molecule has 0 bridgehead atoms. The molecule has 1 spiro atoms. The first-order chi connectivity index (χ1) is 17.3. The standard InChI is InChI=1S/C32H36O4/c1-4-13-31(34)14-12-26-24-8-5-20-16-22(33)7-9-23(20)29(24)25(18-30(26,31)3)21-6-10-27-28(17-21)36-32(35-27)15-11-19(32)2/h6,10,16-17,19,24-26,34H,5,7-9,11-12,14-15,18H2,1-3H3/t19?,24-,25+,26-,30-,31-,32?/m0/s1.